The summed E-state index contributed by atoms with van der Waals surface area (Å²) in [6.07, 6.45) is 4.75. The van der Waals surface area contributed by atoms with Gasteiger partial charge >= 0.3 is 0 Å². The zero-order valence-electron chi connectivity index (χ0n) is 7.43. The molecule has 1 saturated carbocycles. The zero-order chi connectivity index (χ0) is 8.97. The Morgan fingerprint density at radius 2 is 2.42 bits per heavy atom. The summed E-state index contributed by atoms with van der Waals surface area (Å²) in [5.41, 5.74) is 8.76. The number of hydrazone groups is 1. The molecule has 1 atom stereocenters. The maximum Gasteiger partial charge on any atom is 0.206 e. The van der Waals surface area contributed by atoms with Crippen LogP contribution in [0.2, 0.25) is 0 Å². The van der Waals surface area contributed by atoms with Gasteiger partial charge in [-0.3, -0.25) is 5.41 Å². The Hall–Kier alpha value is -1.06. The molecule has 0 spiro atoms. The minimum Gasteiger partial charge on any atom is -0.369 e. The molecule has 0 aliphatic heterocycles. The van der Waals surface area contributed by atoms with Crippen LogP contribution in [-0.4, -0.2) is 11.7 Å². The van der Waals surface area contributed by atoms with E-state index in [1.807, 2.05) is 0 Å². The predicted molar refractivity (Wildman–Crippen MR) is 50.1 cm³/mol. The van der Waals surface area contributed by atoms with Crippen LogP contribution in [0.15, 0.2) is 5.10 Å². The number of hydrogen-bond acceptors (Lipinski definition) is 2. The molecule has 0 bridgehead atoms. The smallest absolute Gasteiger partial charge is 0.206 e. The highest BCUT2D eigenvalue weighted by Gasteiger charge is 2.15. The molecule has 0 aromatic heterocycles. The van der Waals surface area contributed by atoms with Gasteiger partial charge in [0.25, 0.3) is 0 Å². The molecule has 1 aliphatic rings. The third kappa shape index (κ3) is 2.53. The number of hydrogen-bond donors (Lipinski definition) is 3. The van der Waals surface area contributed by atoms with E-state index < -0.39 is 0 Å². The van der Waals surface area contributed by atoms with Gasteiger partial charge in [0.05, 0.1) is 0 Å². The van der Waals surface area contributed by atoms with Gasteiger partial charge in [-0.15, -0.1) is 0 Å². The molecule has 4 heteroatoms. The van der Waals surface area contributed by atoms with E-state index in [1.54, 1.807) is 0 Å². The Morgan fingerprint density at radius 1 is 1.67 bits per heavy atom. The van der Waals surface area contributed by atoms with Crippen LogP contribution < -0.4 is 11.2 Å². The average Bonchev–Trinajstić information content (AvgIpc) is 2.03. The Kier molecular flexibility index (Phi) is 3.08. The van der Waals surface area contributed by atoms with Crippen LogP contribution >= 0.6 is 0 Å². The largest absolute Gasteiger partial charge is 0.369 e. The van der Waals surface area contributed by atoms with Crippen molar-refractivity contribution in [2.45, 2.75) is 32.6 Å². The molecule has 4 nitrogen and oxygen atoms in total. The summed E-state index contributed by atoms with van der Waals surface area (Å²) in [5.74, 6) is 0.464. The Morgan fingerprint density at radius 3 is 3.00 bits per heavy atom. The second kappa shape index (κ2) is 4.09. The SMILES string of the molecule is CC1CCCC/C1=N\NC(=N)N. The fraction of sp³-hybridized carbons (Fsp3) is 0.750. The van der Waals surface area contributed by atoms with Crippen molar-refractivity contribution in [2.24, 2.45) is 16.8 Å². The maximum atomic E-state index is 6.94. The first-order valence-corrected chi connectivity index (χ1v) is 4.36. The Labute approximate surface area is 72.7 Å². The van der Waals surface area contributed by atoms with Gasteiger partial charge in [-0.2, -0.15) is 5.10 Å². The van der Waals surface area contributed by atoms with Crippen molar-refractivity contribution >= 4 is 11.7 Å². The molecular weight excluding hydrogens is 152 g/mol. The van der Waals surface area contributed by atoms with E-state index in [0.717, 1.165) is 12.1 Å². The fourth-order valence-electron chi connectivity index (χ4n) is 1.47. The van der Waals surface area contributed by atoms with Gasteiger partial charge in [-0.1, -0.05) is 13.3 Å². The molecule has 0 aromatic rings. The highest BCUT2D eigenvalue weighted by atomic mass is 15.3. The number of guanidine groups is 1. The molecule has 12 heavy (non-hydrogen) atoms. The summed E-state index contributed by atoms with van der Waals surface area (Å²) in [4.78, 5) is 0. The van der Waals surface area contributed by atoms with Crippen molar-refractivity contribution in [1.29, 1.82) is 5.41 Å². The van der Waals surface area contributed by atoms with E-state index in [0.29, 0.717) is 5.92 Å². The van der Waals surface area contributed by atoms with Gasteiger partial charge in [-0.05, 0) is 25.2 Å². The standard InChI is InChI=1S/C8H16N4/c1-6-4-2-3-5-7(6)11-12-8(9)10/h6H,2-5H2,1H3,(H4,9,10,12)/b11-7+. The molecule has 1 rings (SSSR count). The molecule has 0 heterocycles. The lowest BCUT2D eigenvalue weighted by atomic mass is 9.89. The average molecular weight is 168 g/mol. The molecule has 68 valence electrons. The van der Waals surface area contributed by atoms with Crippen molar-refractivity contribution in [3.8, 4) is 0 Å². The first kappa shape index (κ1) is 9.03. The van der Waals surface area contributed by atoms with Crippen molar-refractivity contribution < 1.29 is 0 Å². The fourth-order valence-corrected chi connectivity index (χ4v) is 1.47. The van der Waals surface area contributed by atoms with E-state index in [9.17, 15) is 0 Å². The van der Waals surface area contributed by atoms with Gasteiger partial charge in [0.2, 0.25) is 5.96 Å². The second-order valence-corrected chi connectivity index (χ2v) is 3.28. The number of nitrogens with one attached hydrogen (secondary N) is 2. The summed E-state index contributed by atoms with van der Waals surface area (Å²) >= 11 is 0. The molecule has 4 N–H and O–H groups in total. The minimum absolute atomic E-state index is 0.0831. The third-order valence-corrected chi connectivity index (χ3v) is 2.21. The molecule has 1 unspecified atom stereocenters. The number of rotatable bonds is 1. The predicted octanol–water partition coefficient (Wildman–Crippen LogP) is 1.04. The van der Waals surface area contributed by atoms with Crippen molar-refractivity contribution in [2.75, 3.05) is 0 Å². The van der Waals surface area contributed by atoms with Crippen LogP contribution in [0.5, 0.6) is 0 Å². The normalized spacial score (nSPS) is 27.1. The van der Waals surface area contributed by atoms with Gasteiger partial charge < -0.3 is 5.73 Å². The van der Waals surface area contributed by atoms with Crippen LogP contribution in [0, 0.1) is 11.3 Å². The summed E-state index contributed by atoms with van der Waals surface area (Å²) in [5, 5.41) is 11.0. The first-order valence-electron chi connectivity index (χ1n) is 4.36. The molecule has 1 fully saturated rings. The van der Waals surface area contributed by atoms with E-state index in [2.05, 4.69) is 17.5 Å². The molecule has 0 amide bonds. The first-order chi connectivity index (χ1) is 5.70. The van der Waals surface area contributed by atoms with Crippen LogP contribution in [0.1, 0.15) is 32.6 Å². The van der Waals surface area contributed by atoms with E-state index >= 15 is 0 Å². The molecule has 0 aromatic carbocycles. The molecular formula is C8H16N4. The molecule has 0 saturated heterocycles. The minimum atomic E-state index is -0.0831. The third-order valence-electron chi connectivity index (χ3n) is 2.21. The van der Waals surface area contributed by atoms with Crippen molar-refractivity contribution in [3.05, 3.63) is 0 Å². The summed E-state index contributed by atoms with van der Waals surface area (Å²) < 4.78 is 0. The Balaban J connectivity index is 2.47. The van der Waals surface area contributed by atoms with Crippen LogP contribution in [0.4, 0.5) is 0 Å². The van der Waals surface area contributed by atoms with Crippen molar-refractivity contribution in [3.63, 3.8) is 0 Å². The lowest BCUT2D eigenvalue weighted by Gasteiger charge is -2.19. The summed E-state index contributed by atoms with van der Waals surface area (Å²) in [6, 6.07) is 0. The highest BCUT2D eigenvalue weighted by Crippen LogP contribution is 2.20. The van der Waals surface area contributed by atoms with Gasteiger partial charge in [0, 0.05) is 5.71 Å². The zero-order valence-corrected chi connectivity index (χ0v) is 7.43. The van der Waals surface area contributed by atoms with Crippen LogP contribution in [0.25, 0.3) is 0 Å². The van der Waals surface area contributed by atoms with Gasteiger partial charge in [0.15, 0.2) is 0 Å². The van der Waals surface area contributed by atoms with E-state index in [-0.39, 0.29) is 5.96 Å². The summed E-state index contributed by atoms with van der Waals surface area (Å²) in [6.45, 7) is 2.17. The van der Waals surface area contributed by atoms with E-state index in [1.165, 1.54) is 19.3 Å². The van der Waals surface area contributed by atoms with Gasteiger partial charge in [0.1, 0.15) is 0 Å². The van der Waals surface area contributed by atoms with Crippen LogP contribution in [0.3, 0.4) is 0 Å². The quantitative estimate of drug-likeness (QED) is 0.311. The number of nitrogens with zero attached hydrogens (tertiary/aromatic N) is 1. The second-order valence-electron chi connectivity index (χ2n) is 3.28. The number of nitrogens with two attached hydrogens (primary N) is 1. The molecule has 0 radical (unpaired) electrons. The van der Waals surface area contributed by atoms with Gasteiger partial charge in [-0.25, -0.2) is 5.43 Å². The maximum absolute atomic E-state index is 6.94. The Bertz CT molecular complexity index is 197. The lowest BCUT2D eigenvalue weighted by Crippen LogP contribution is -2.28. The molecule has 1 aliphatic carbocycles. The highest BCUT2D eigenvalue weighted by molar-refractivity contribution is 5.88. The van der Waals surface area contributed by atoms with Crippen LogP contribution in [-0.2, 0) is 0 Å². The van der Waals surface area contributed by atoms with E-state index in [4.69, 9.17) is 11.1 Å². The van der Waals surface area contributed by atoms with Crippen molar-refractivity contribution in [1.82, 2.24) is 5.43 Å². The monoisotopic (exact) mass is 168 g/mol. The summed E-state index contributed by atoms with van der Waals surface area (Å²) in [7, 11) is 0. The lowest BCUT2D eigenvalue weighted by molar-refractivity contribution is 0.555. The topological polar surface area (TPSA) is 74.3 Å².